The maximum absolute atomic E-state index is 16.1. The number of fused-ring (bicyclic) bond motifs is 2. The van der Waals surface area contributed by atoms with Crippen LogP contribution in [-0.4, -0.2) is 67.9 Å². The molecule has 0 saturated carbocycles. The number of benzene rings is 9. The first-order chi connectivity index (χ1) is 45.2. The first-order valence-electron chi connectivity index (χ1n) is 33.0. The van der Waals surface area contributed by atoms with Crippen molar-refractivity contribution in [3.8, 4) is 46.0 Å². The number of aromatic nitrogens is 2. The molecule has 4 heterocycles. The fraction of sp³-hybridized carbons (Fsp3) is 0.293. The van der Waals surface area contributed by atoms with Gasteiger partial charge in [-0.2, -0.15) is 0 Å². The minimum absolute atomic E-state index is 0.000307. The van der Waals surface area contributed by atoms with E-state index < -0.39 is 23.6 Å². The molecule has 2 aliphatic heterocycles. The molecule has 0 N–H and O–H groups in total. The molecule has 0 atom stereocenters. The van der Waals surface area contributed by atoms with Crippen LogP contribution in [0.3, 0.4) is 0 Å². The van der Waals surface area contributed by atoms with Crippen molar-refractivity contribution in [3.05, 3.63) is 226 Å². The molecular weight excluding hydrogens is 1180 g/mol. The highest BCUT2D eigenvalue weighted by atomic mass is 16.5. The Kier molecular flexibility index (Phi) is 16.4. The van der Waals surface area contributed by atoms with Crippen LogP contribution in [0, 0.1) is 0 Å². The molecule has 2 aliphatic rings. The van der Waals surface area contributed by atoms with E-state index in [1.54, 1.807) is 36.7 Å². The highest BCUT2D eigenvalue weighted by Crippen LogP contribution is 2.58. The second-order valence-electron chi connectivity index (χ2n) is 29.4. The molecule has 4 amide bonds. The molecule has 13 rings (SSSR count). The number of hydrogen-bond acceptors (Lipinski definition) is 11. The Morgan fingerprint density at radius 1 is 0.358 bits per heavy atom. The Hall–Kier alpha value is -9.98. The second-order valence-corrected chi connectivity index (χ2v) is 29.4. The maximum Gasteiger partial charge on any atom is 0.261 e. The second kappa shape index (κ2) is 24.4. The minimum Gasteiger partial charge on any atom is -0.457 e. The topological polar surface area (TPSA) is 141 Å². The molecule has 0 radical (unpaired) electrons. The molecule has 9 aromatic carbocycles. The van der Waals surface area contributed by atoms with E-state index in [9.17, 15) is 0 Å². The lowest BCUT2D eigenvalue weighted by Gasteiger charge is -2.33. The number of unbranched alkanes of at least 4 members (excludes halogenated alkanes) is 1. The van der Waals surface area contributed by atoms with Crippen LogP contribution in [0.25, 0.3) is 43.1 Å². The largest absolute Gasteiger partial charge is 0.457 e. The maximum atomic E-state index is 16.1. The molecule has 0 bridgehead atoms. The SMILES string of the molecule is CCCCN1C(=O)c2cc(Oc3ccc(C(C)(C)C)cc3)c3c4c(Oc5ccc(C(C)(C)C)cc5)cc5c6c(cc(Oc7ccc(C(C)(C)C)cc7)c(c7c(Oc8ccc(C(C)(C)C)cc8)cc(c2c37)C1=O)c64)C(=O)N(CCN(Cc1ccccn1)Cc1ccccn1)C5=O. The molecule has 0 unspecified atom stereocenters. The third-order valence-electron chi connectivity index (χ3n) is 18.5. The van der Waals surface area contributed by atoms with Gasteiger partial charge in [-0.05, 0) is 147 Å². The Morgan fingerprint density at radius 2 is 0.642 bits per heavy atom. The van der Waals surface area contributed by atoms with Crippen molar-refractivity contribution in [2.24, 2.45) is 0 Å². The van der Waals surface area contributed by atoms with Gasteiger partial charge in [0, 0.05) is 88.2 Å². The smallest absolute Gasteiger partial charge is 0.261 e. The Labute approximate surface area is 556 Å². The predicted molar refractivity (Wildman–Crippen MR) is 377 cm³/mol. The lowest BCUT2D eigenvalue weighted by molar-refractivity contribution is 0.0580. The lowest BCUT2D eigenvalue weighted by Crippen LogP contribution is -2.44. The number of imide groups is 2. The van der Waals surface area contributed by atoms with Crippen molar-refractivity contribution >= 4 is 66.7 Å². The first kappa shape index (κ1) is 63.8. The third kappa shape index (κ3) is 12.2. The molecule has 0 aliphatic carbocycles. The Bertz CT molecular complexity index is 4500. The Balaban J connectivity index is 1.16. The quantitative estimate of drug-likeness (QED) is 0.0460. The van der Waals surface area contributed by atoms with Crippen molar-refractivity contribution in [2.75, 3.05) is 19.6 Å². The van der Waals surface area contributed by atoms with E-state index in [0.29, 0.717) is 85.6 Å². The number of ether oxygens (including phenoxy) is 4. The van der Waals surface area contributed by atoms with Crippen LogP contribution >= 0.6 is 0 Å². The molecule has 482 valence electrons. The summed E-state index contributed by atoms with van der Waals surface area (Å²) in [4.78, 5) is 77.4. The van der Waals surface area contributed by atoms with E-state index in [4.69, 9.17) is 18.9 Å². The number of amides is 4. The van der Waals surface area contributed by atoms with Crippen LogP contribution in [0.15, 0.2) is 170 Å². The summed E-state index contributed by atoms with van der Waals surface area (Å²) in [6.07, 6.45) is 4.83. The van der Waals surface area contributed by atoms with Gasteiger partial charge in [0.05, 0.1) is 33.6 Å². The van der Waals surface area contributed by atoms with E-state index in [2.05, 4.69) is 98.0 Å². The van der Waals surface area contributed by atoms with Gasteiger partial charge in [0.2, 0.25) is 0 Å². The fourth-order valence-corrected chi connectivity index (χ4v) is 13.1. The van der Waals surface area contributed by atoms with E-state index >= 15 is 19.2 Å². The van der Waals surface area contributed by atoms with Gasteiger partial charge < -0.3 is 18.9 Å². The lowest BCUT2D eigenvalue weighted by atomic mass is 9.80. The van der Waals surface area contributed by atoms with E-state index in [0.717, 1.165) is 40.1 Å². The van der Waals surface area contributed by atoms with Gasteiger partial charge in [-0.1, -0.05) is 157 Å². The molecule has 0 fully saturated rings. The molecule has 13 heteroatoms. The number of hydrogen-bond donors (Lipinski definition) is 0. The Morgan fingerprint density at radius 3 is 0.895 bits per heavy atom. The van der Waals surface area contributed by atoms with Crippen LogP contribution in [0.5, 0.6) is 46.0 Å². The van der Waals surface area contributed by atoms with Crippen LogP contribution in [0.2, 0.25) is 0 Å². The van der Waals surface area contributed by atoms with Crippen molar-refractivity contribution < 1.29 is 38.1 Å². The zero-order valence-electron chi connectivity index (χ0n) is 56.6. The molecule has 0 spiro atoms. The molecule has 95 heavy (non-hydrogen) atoms. The van der Waals surface area contributed by atoms with E-state index in [-0.39, 0.29) is 86.5 Å². The summed E-state index contributed by atoms with van der Waals surface area (Å²) < 4.78 is 29.3. The molecule has 13 nitrogen and oxygen atoms in total. The van der Waals surface area contributed by atoms with Crippen molar-refractivity contribution in [1.29, 1.82) is 0 Å². The molecule has 11 aromatic rings. The normalized spacial score (nSPS) is 13.7. The summed E-state index contributed by atoms with van der Waals surface area (Å²) in [6.45, 7) is 29.1. The van der Waals surface area contributed by atoms with Gasteiger partial charge in [0.15, 0.2) is 0 Å². The number of carbonyl (C=O) groups is 4. The molecular formula is C82H81N5O8. The van der Waals surface area contributed by atoms with Crippen LogP contribution in [-0.2, 0) is 34.7 Å². The van der Waals surface area contributed by atoms with E-state index in [1.165, 1.54) is 9.80 Å². The van der Waals surface area contributed by atoms with Crippen LogP contribution in [0.1, 0.15) is 178 Å². The standard InChI is InChI=1S/C82H81N5O8/c1-14-15-40-86-75(88)59-43-63(92-55-30-22-49(23-31-55)79(2,3)4)69-71-65(94-57-34-26-51(27-35-57)81(8,9)10)45-61-68-62(78(91)87(77(61)90)42-41-85(47-53-20-16-18-38-83-53)48-54-21-17-19-39-84-54)46-66(95-58-36-28-52(29-37-58)82(11,12)13)72(74(68)71)70-64(44-60(76(86)89)67(59)73(69)70)93-56-32-24-50(25-33-56)80(5,6)7/h16-39,43-46H,14-15,40-42,47-48H2,1-13H3. The summed E-state index contributed by atoms with van der Waals surface area (Å²) in [7, 11) is 0. The summed E-state index contributed by atoms with van der Waals surface area (Å²) >= 11 is 0. The van der Waals surface area contributed by atoms with Gasteiger partial charge in [-0.15, -0.1) is 0 Å². The summed E-state index contributed by atoms with van der Waals surface area (Å²) in [5.41, 5.74) is 6.19. The first-order valence-corrected chi connectivity index (χ1v) is 33.0. The van der Waals surface area contributed by atoms with Crippen molar-refractivity contribution in [2.45, 2.75) is 138 Å². The van der Waals surface area contributed by atoms with Crippen molar-refractivity contribution in [1.82, 2.24) is 24.7 Å². The number of carbonyl (C=O) groups excluding carboxylic acids is 4. The molecule has 2 aromatic heterocycles. The molecule has 0 saturated heterocycles. The van der Waals surface area contributed by atoms with Gasteiger partial charge in [0.1, 0.15) is 46.0 Å². The number of pyridine rings is 2. The average molecular weight is 1260 g/mol. The monoisotopic (exact) mass is 1260 g/mol. The van der Waals surface area contributed by atoms with Gasteiger partial charge >= 0.3 is 0 Å². The van der Waals surface area contributed by atoms with Gasteiger partial charge in [-0.25, -0.2) is 0 Å². The van der Waals surface area contributed by atoms with Crippen LogP contribution < -0.4 is 18.9 Å². The van der Waals surface area contributed by atoms with Crippen LogP contribution in [0.4, 0.5) is 0 Å². The zero-order chi connectivity index (χ0) is 67.0. The average Bonchev–Trinajstić information content (AvgIpc) is 0.673. The predicted octanol–water partition coefficient (Wildman–Crippen LogP) is 19.6. The van der Waals surface area contributed by atoms with Crippen molar-refractivity contribution in [3.63, 3.8) is 0 Å². The van der Waals surface area contributed by atoms with Gasteiger partial charge in [-0.3, -0.25) is 43.8 Å². The third-order valence-corrected chi connectivity index (χ3v) is 18.5. The summed E-state index contributed by atoms with van der Waals surface area (Å²) in [5, 5.41) is 3.48. The fourth-order valence-electron chi connectivity index (χ4n) is 13.1. The number of nitrogens with zero attached hydrogens (tertiary/aromatic N) is 5. The summed E-state index contributed by atoms with van der Waals surface area (Å²) in [5.74, 6) is 0.949. The van der Waals surface area contributed by atoms with E-state index in [1.807, 2.05) is 140 Å². The minimum atomic E-state index is -0.528. The zero-order valence-corrected chi connectivity index (χ0v) is 56.6. The highest BCUT2D eigenvalue weighted by Gasteiger charge is 2.42. The highest BCUT2D eigenvalue weighted by molar-refractivity contribution is 6.44. The number of rotatable bonds is 18. The summed E-state index contributed by atoms with van der Waals surface area (Å²) in [6, 6.07) is 50.2. The van der Waals surface area contributed by atoms with Gasteiger partial charge in [0.25, 0.3) is 23.6 Å².